The highest BCUT2D eigenvalue weighted by Crippen LogP contribution is 2.30. The maximum Gasteiger partial charge on any atom is 0.338 e. The molecule has 3 aromatic rings. The predicted octanol–water partition coefficient (Wildman–Crippen LogP) is 5.04. The second-order valence-corrected chi connectivity index (χ2v) is 6.34. The molecule has 0 atom stereocenters. The van der Waals surface area contributed by atoms with E-state index < -0.39 is 0 Å². The fourth-order valence-corrected chi connectivity index (χ4v) is 2.90. The number of ether oxygens (including phenoxy) is 1. The lowest BCUT2D eigenvalue weighted by Crippen LogP contribution is -2.14. The number of hydrogen-bond acceptors (Lipinski definition) is 4. The molecule has 0 saturated carbocycles. The fourth-order valence-electron chi connectivity index (χ4n) is 2.90. The van der Waals surface area contributed by atoms with Crippen molar-refractivity contribution in [3.63, 3.8) is 0 Å². The molecule has 4 heteroatoms. The lowest BCUT2D eigenvalue weighted by atomic mass is 9.98. The first-order chi connectivity index (χ1) is 13.2. The molecule has 0 bridgehead atoms. The SMILES string of the molecule is CCCOC(=O)c1ccc(NC(c2ccccc2)c2ccccc2)c(N)c1. The smallest absolute Gasteiger partial charge is 0.338 e. The number of nitrogen functional groups attached to an aromatic ring is 1. The summed E-state index contributed by atoms with van der Waals surface area (Å²) >= 11 is 0. The van der Waals surface area contributed by atoms with Crippen LogP contribution in [0.5, 0.6) is 0 Å². The Morgan fingerprint density at radius 3 is 2.07 bits per heavy atom. The molecule has 3 aromatic carbocycles. The van der Waals surface area contributed by atoms with Crippen LogP contribution < -0.4 is 11.1 Å². The van der Waals surface area contributed by atoms with Crippen LogP contribution in [-0.4, -0.2) is 12.6 Å². The number of nitrogens with two attached hydrogens (primary N) is 1. The van der Waals surface area contributed by atoms with Crippen LogP contribution in [0.3, 0.4) is 0 Å². The summed E-state index contributed by atoms with van der Waals surface area (Å²) in [5, 5.41) is 3.51. The van der Waals surface area contributed by atoms with E-state index in [1.54, 1.807) is 12.1 Å². The van der Waals surface area contributed by atoms with Crippen LogP contribution in [0.2, 0.25) is 0 Å². The second kappa shape index (κ2) is 8.90. The molecular weight excluding hydrogens is 336 g/mol. The fraction of sp³-hybridized carbons (Fsp3) is 0.174. The summed E-state index contributed by atoms with van der Waals surface area (Å²) in [6.45, 7) is 2.37. The summed E-state index contributed by atoms with van der Waals surface area (Å²) in [5.74, 6) is -0.349. The molecule has 0 fully saturated rings. The van der Waals surface area contributed by atoms with E-state index in [0.717, 1.165) is 23.2 Å². The Bertz CT molecular complexity index is 840. The Balaban J connectivity index is 1.87. The van der Waals surface area contributed by atoms with Crippen molar-refractivity contribution in [1.82, 2.24) is 0 Å². The maximum atomic E-state index is 12.0. The largest absolute Gasteiger partial charge is 0.462 e. The topological polar surface area (TPSA) is 64.3 Å². The number of benzene rings is 3. The molecule has 4 nitrogen and oxygen atoms in total. The zero-order chi connectivity index (χ0) is 19.1. The zero-order valence-electron chi connectivity index (χ0n) is 15.4. The number of nitrogens with one attached hydrogen (secondary N) is 1. The minimum absolute atomic E-state index is 0.0485. The van der Waals surface area contributed by atoms with Gasteiger partial charge in [0.1, 0.15) is 0 Å². The Labute approximate surface area is 160 Å². The molecule has 0 aliphatic rings. The van der Waals surface area contributed by atoms with Crippen LogP contribution in [-0.2, 0) is 4.74 Å². The van der Waals surface area contributed by atoms with E-state index in [-0.39, 0.29) is 12.0 Å². The molecule has 0 amide bonds. The summed E-state index contributed by atoms with van der Waals surface area (Å²) in [4.78, 5) is 12.0. The highest BCUT2D eigenvalue weighted by atomic mass is 16.5. The number of anilines is 2. The van der Waals surface area contributed by atoms with E-state index >= 15 is 0 Å². The summed E-state index contributed by atoms with van der Waals surface area (Å²) in [7, 11) is 0. The molecular formula is C23H24N2O2. The van der Waals surface area contributed by atoms with Gasteiger partial charge < -0.3 is 15.8 Å². The molecule has 0 saturated heterocycles. The van der Waals surface area contributed by atoms with Gasteiger partial charge in [-0.2, -0.15) is 0 Å². The van der Waals surface area contributed by atoms with Crippen LogP contribution in [0.15, 0.2) is 78.9 Å². The van der Waals surface area contributed by atoms with Gasteiger partial charge in [0.05, 0.1) is 29.6 Å². The summed E-state index contributed by atoms with van der Waals surface area (Å²) in [6, 6.07) is 25.6. The van der Waals surface area contributed by atoms with E-state index in [0.29, 0.717) is 17.9 Å². The van der Waals surface area contributed by atoms with E-state index in [9.17, 15) is 4.79 Å². The molecule has 0 aliphatic heterocycles. The molecule has 138 valence electrons. The third-order valence-electron chi connectivity index (χ3n) is 4.29. The minimum Gasteiger partial charge on any atom is -0.462 e. The van der Waals surface area contributed by atoms with Crippen molar-refractivity contribution >= 4 is 17.3 Å². The van der Waals surface area contributed by atoms with Crippen molar-refractivity contribution in [1.29, 1.82) is 0 Å². The first-order valence-corrected chi connectivity index (χ1v) is 9.12. The Kier molecular flexibility index (Phi) is 6.10. The quantitative estimate of drug-likeness (QED) is 0.458. The van der Waals surface area contributed by atoms with Crippen molar-refractivity contribution in [2.75, 3.05) is 17.7 Å². The normalized spacial score (nSPS) is 10.6. The van der Waals surface area contributed by atoms with Gasteiger partial charge in [-0.3, -0.25) is 0 Å². The predicted molar refractivity (Wildman–Crippen MR) is 110 cm³/mol. The molecule has 0 radical (unpaired) electrons. The Hall–Kier alpha value is -3.27. The number of carbonyl (C=O) groups excluding carboxylic acids is 1. The van der Waals surface area contributed by atoms with Crippen molar-refractivity contribution < 1.29 is 9.53 Å². The molecule has 27 heavy (non-hydrogen) atoms. The summed E-state index contributed by atoms with van der Waals surface area (Å²) < 4.78 is 5.18. The Morgan fingerprint density at radius 1 is 0.963 bits per heavy atom. The van der Waals surface area contributed by atoms with E-state index in [4.69, 9.17) is 10.5 Å². The number of carbonyl (C=O) groups is 1. The molecule has 0 heterocycles. The van der Waals surface area contributed by atoms with Gasteiger partial charge in [-0.25, -0.2) is 4.79 Å². The number of rotatable bonds is 7. The lowest BCUT2D eigenvalue weighted by molar-refractivity contribution is 0.0505. The first kappa shape index (κ1) is 18.5. The van der Waals surface area contributed by atoms with Gasteiger partial charge in [-0.15, -0.1) is 0 Å². The van der Waals surface area contributed by atoms with Gasteiger partial charge in [0, 0.05) is 0 Å². The molecule has 0 aliphatic carbocycles. The summed E-state index contributed by atoms with van der Waals surface area (Å²) in [6.07, 6.45) is 0.788. The highest BCUT2D eigenvalue weighted by Gasteiger charge is 2.16. The van der Waals surface area contributed by atoms with E-state index in [2.05, 4.69) is 29.6 Å². The van der Waals surface area contributed by atoms with Gasteiger partial charge >= 0.3 is 5.97 Å². The molecule has 3 rings (SSSR count). The van der Waals surface area contributed by atoms with E-state index in [1.165, 1.54) is 0 Å². The van der Waals surface area contributed by atoms with Crippen LogP contribution in [0.25, 0.3) is 0 Å². The average molecular weight is 360 g/mol. The molecule has 0 unspecified atom stereocenters. The molecule has 0 spiro atoms. The first-order valence-electron chi connectivity index (χ1n) is 9.12. The third kappa shape index (κ3) is 4.67. The highest BCUT2D eigenvalue weighted by molar-refractivity contribution is 5.92. The second-order valence-electron chi connectivity index (χ2n) is 6.34. The van der Waals surface area contributed by atoms with Gasteiger partial charge in [0.25, 0.3) is 0 Å². The maximum absolute atomic E-state index is 12.0. The molecule has 3 N–H and O–H groups in total. The third-order valence-corrected chi connectivity index (χ3v) is 4.29. The van der Waals surface area contributed by atoms with Gasteiger partial charge in [0.2, 0.25) is 0 Å². The lowest BCUT2D eigenvalue weighted by Gasteiger charge is -2.22. The number of esters is 1. The molecule has 0 aromatic heterocycles. The van der Waals surface area contributed by atoms with Crippen molar-refractivity contribution in [2.24, 2.45) is 0 Å². The van der Waals surface area contributed by atoms with Crippen molar-refractivity contribution in [3.8, 4) is 0 Å². The minimum atomic E-state index is -0.349. The standard InChI is InChI=1S/C23H24N2O2/c1-2-15-27-23(26)19-13-14-21(20(24)16-19)25-22(17-9-5-3-6-10-17)18-11-7-4-8-12-18/h3-14,16,22,25H,2,15,24H2,1H3. The monoisotopic (exact) mass is 360 g/mol. The van der Waals surface area contributed by atoms with Gasteiger partial charge in [-0.05, 0) is 35.7 Å². The average Bonchev–Trinajstić information content (AvgIpc) is 2.72. The van der Waals surface area contributed by atoms with Gasteiger partial charge in [-0.1, -0.05) is 67.6 Å². The Morgan fingerprint density at radius 2 is 1.56 bits per heavy atom. The van der Waals surface area contributed by atoms with Crippen LogP contribution in [0, 0.1) is 0 Å². The van der Waals surface area contributed by atoms with Crippen LogP contribution >= 0.6 is 0 Å². The van der Waals surface area contributed by atoms with Crippen molar-refractivity contribution in [2.45, 2.75) is 19.4 Å². The summed E-state index contributed by atoms with van der Waals surface area (Å²) in [5.41, 5.74) is 10.2. The van der Waals surface area contributed by atoms with Crippen LogP contribution in [0.4, 0.5) is 11.4 Å². The van der Waals surface area contributed by atoms with E-state index in [1.807, 2.05) is 49.4 Å². The van der Waals surface area contributed by atoms with Crippen molar-refractivity contribution in [3.05, 3.63) is 95.6 Å². The number of hydrogen-bond donors (Lipinski definition) is 2. The van der Waals surface area contributed by atoms with Crippen LogP contribution in [0.1, 0.15) is 40.9 Å². The van der Waals surface area contributed by atoms with Gasteiger partial charge in [0.15, 0.2) is 0 Å². The zero-order valence-corrected chi connectivity index (χ0v) is 15.4.